The van der Waals surface area contributed by atoms with Gasteiger partial charge < -0.3 is 10.1 Å². The average molecular weight is 364 g/mol. The fourth-order valence-electron chi connectivity index (χ4n) is 2.50. The zero-order chi connectivity index (χ0) is 17.6. The van der Waals surface area contributed by atoms with E-state index in [1.54, 1.807) is 24.4 Å². The summed E-state index contributed by atoms with van der Waals surface area (Å²) >= 11 is 5.91. The van der Waals surface area contributed by atoms with Crippen LogP contribution in [-0.4, -0.2) is 16.8 Å². The minimum atomic E-state index is -2.84. The van der Waals surface area contributed by atoms with Gasteiger partial charge in [0.15, 0.2) is 0 Å². The second-order valence-electron chi connectivity index (χ2n) is 5.37. The molecule has 130 valence electrons. The highest BCUT2D eigenvalue weighted by molar-refractivity contribution is 6.30. The average Bonchev–Trinajstić information content (AvgIpc) is 3.05. The quantitative estimate of drug-likeness (QED) is 0.644. The number of nitrogens with zero attached hydrogens (tertiary/aromatic N) is 1. The largest absolute Gasteiger partial charge is 0.434 e. The smallest absolute Gasteiger partial charge is 0.387 e. The van der Waals surface area contributed by atoms with E-state index in [0.29, 0.717) is 23.7 Å². The van der Waals surface area contributed by atoms with Crippen molar-refractivity contribution in [3.05, 3.63) is 70.9 Å². The summed E-state index contributed by atoms with van der Waals surface area (Å²) in [6.07, 6.45) is 1.73. The number of nitrogens with one attached hydrogen (secondary N) is 2. The van der Waals surface area contributed by atoms with Gasteiger partial charge in [-0.25, -0.2) is 0 Å². The first-order valence-corrected chi connectivity index (χ1v) is 8.03. The van der Waals surface area contributed by atoms with Crippen LogP contribution in [0, 0.1) is 0 Å². The molecular formula is C18H16ClF2N3O. The predicted molar refractivity (Wildman–Crippen MR) is 92.7 cm³/mol. The fourth-order valence-corrected chi connectivity index (χ4v) is 2.63. The summed E-state index contributed by atoms with van der Waals surface area (Å²) in [7, 11) is 0. The summed E-state index contributed by atoms with van der Waals surface area (Å²) in [5, 5.41) is 10.9. The van der Waals surface area contributed by atoms with Gasteiger partial charge in [0, 0.05) is 29.2 Å². The Labute approximate surface area is 148 Å². The van der Waals surface area contributed by atoms with E-state index in [4.69, 9.17) is 11.6 Å². The van der Waals surface area contributed by atoms with E-state index in [1.165, 1.54) is 6.07 Å². The maximum atomic E-state index is 12.5. The van der Waals surface area contributed by atoms with Gasteiger partial charge in [-0.05, 0) is 23.8 Å². The molecule has 2 N–H and O–H groups in total. The number of aromatic amines is 1. The molecule has 1 aromatic heterocycles. The van der Waals surface area contributed by atoms with Crippen LogP contribution < -0.4 is 10.1 Å². The highest BCUT2D eigenvalue weighted by atomic mass is 35.5. The van der Waals surface area contributed by atoms with Crippen molar-refractivity contribution in [1.82, 2.24) is 15.5 Å². The Bertz CT molecular complexity index is 821. The van der Waals surface area contributed by atoms with Crippen LogP contribution in [0.4, 0.5) is 8.78 Å². The first-order valence-electron chi connectivity index (χ1n) is 7.65. The molecule has 0 unspecified atom stereocenters. The van der Waals surface area contributed by atoms with Crippen LogP contribution in [0.1, 0.15) is 11.1 Å². The standard InChI is InChI=1S/C18H16ClF2N3O/c19-15-7-5-12(6-8-15)17-14(11-23-24-17)10-22-9-13-3-1-2-4-16(13)25-18(20)21/h1-8,11,18,22H,9-10H2,(H,23,24). The highest BCUT2D eigenvalue weighted by Gasteiger charge is 2.10. The van der Waals surface area contributed by atoms with Crippen LogP contribution in [0.5, 0.6) is 5.75 Å². The molecule has 25 heavy (non-hydrogen) atoms. The summed E-state index contributed by atoms with van der Waals surface area (Å²) in [5.74, 6) is 0.176. The molecule has 0 aliphatic heterocycles. The predicted octanol–water partition coefficient (Wildman–Crippen LogP) is 4.62. The van der Waals surface area contributed by atoms with Gasteiger partial charge in [0.1, 0.15) is 5.75 Å². The zero-order valence-corrected chi connectivity index (χ0v) is 13.9. The van der Waals surface area contributed by atoms with Crippen molar-refractivity contribution in [3.8, 4) is 17.0 Å². The van der Waals surface area contributed by atoms with Crippen LogP contribution >= 0.6 is 11.6 Å². The van der Waals surface area contributed by atoms with Crippen LogP contribution in [-0.2, 0) is 13.1 Å². The number of rotatable bonds is 7. The number of hydrogen-bond donors (Lipinski definition) is 2. The van der Waals surface area contributed by atoms with Crippen molar-refractivity contribution in [2.45, 2.75) is 19.7 Å². The maximum Gasteiger partial charge on any atom is 0.387 e. The summed E-state index contributed by atoms with van der Waals surface area (Å²) in [6, 6.07) is 14.2. The Morgan fingerprint density at radius 2 is 1.76 bits per heavy atom. The third-order valence-corrected chi connectivity index (χ3v) is 3.92. The van der Waals surface area contributed by atoms with Gasteiger partial charge in [-0.2, -0.15) is 13.9 Å². The van der Waals surface area contributed by atoms with E-state index in [1.807, 2.05) is 24.3 Å². The van der Waals surface area contributed by atoms with Crippen LogP contribution in [0.3, 0.4) is 0 Å². The highest BCUT2D eigenvalue weighted by Crippen LogP contribution is 2.24. The molecule has 0 aliphatic rings. The Balaban J connectivity index is 1.66. The molecule has 3 rings (SSSR count). The molecule has 2 aromatic carbocycles. The molecule has 7 heteroatoms. The van der Waals surface area contributed by atoms with E-state index < -0.39 is 6.61 Å². The molecule has 3 aromatic rings. The lowest BCUT2D eigenvalue weighted by Gasteiger charge is -2.11. The number of halogens is 3. The number of ether oxygens (including phenoxy) is 1. The van der Waals surface area contributed by atoms with E-state index in [-0.39, 0.29) is 5.75 Å². The van der Waals surface area contributed by atoms with Gasteiger partial charge in [0.05, 0.1) is 11.9 Å². The summed E-state index contributed by atoms with van der Waals surface area (Å²) in [4.78, 5) is 0. The Kier molecular flexibility index (Phi) is 5.63. The molecule has 0 atom stereocenters. The van der Waals surface area contributed by atoms with Gasteiger partial charge in [-0.1, -0.05) is 41.9 Å². The van der Waals surface area contributed by atoms with Crippen molar-refractivity contribution >= 4 is 11.6 Å². The molecule has 0 fully saturated rings. The van der Waals surface area contributed by atoms with E-state index in [9.17, 15) is 8.78 Å². The topological polar surface area (TPSA) is 49.9 Å². The lowest BCUT2D eigenvalue weighted by molar-refractivity contribution is -0.0505. The van der Waals surface area contributed by atoms with Crippen LogP contribution in [0.15, 0.2) is 54.7 Å². The first-order chi connectivity index (χ1) is 12.1. The molecule has 4 nitrogen and oxygen atoms in total. The van der Waals surface area contributed by atoms with Crippen molar-refractivity contribution in [2.75, 3.05) is 0 Å². The van der Waals surface area contributed by atoms with Crippen LogP contribution in [0.25, 0.3) is 11.3 Å². The zero-order valence-electron chi connectivity index (χ0n) is 13.2. The van der Waals surface area contributed by atoms with Crippen molar-refractivity contribution in [1.29, 1.82) is 0 Å². The maximum absolute atomic E-state index is 12.5. The number of benzene rings is 2. The number of aromatic nitrogens is 2. The Morgan fingerprint density at radius 3 is 2.52 bits per heavy atom. The van der Waals surface area contributed by atoms with Gasteiger partial charge in [-0.15, -0.1) is 0 Å². The number of hydrogen-bond acceptors (Lipinski definition) is 3. The minimum absolute atomic E-state index is 0.176. The molecule has 0 saturated carbocycles. The van der Waals surface area contributed by atoms with Crippen molar-refractivity contribution < 1.29 is 13.5 Å². The number of para-hydroxylation sites is 1. The normalized spacial score (nSPS) is 11.0. The third-order valence-electron chi connectivity index (χ3n) is 3.67. The van der Waals surface area contributed by atoms with Gasteiger partial charge >= 0.3 is 6.61 Å². The summed E-state index contributed by atoms with van der Waals surface area (Å²) in [6.45, 7) is -1.92. The molecular weight excluding hydrogens is 348 g/mol. The van der Waals surface area contributed by atoms with Gasteiger partial charge in [0.2, 0.25) is 0 Å². The SMILES string of the molecule is FC(F)Oc1ccccc1CNCc1cn[nH]c1-c1ccc(Cl)cc1. The van der Waals surface area contributed by atoms with E-state index >= 15 is 0 Å². The van der Waals surface area contributed by atoms with Crippen molar-refractivity contribution in [3.63, 3.8) is 0 Å². The third kappa shape index (κ3) is 4.55. The van der Waals surface area contributed by atoms with Gasteiger partial charge in [0.25, 0.3) is 0 Å². The number of H-pyrrole nitrogens is 1. The molecule has 0 aliphatic carbocycles. The first kappa shape index (κ1) is 17.4. The lowest BCUT2D eigenvalue weighted by atomic mass is 10.1. The lowest BCUT2D eigenvalue weighted by Crippen LogP contribution is -2.14. The fraction of sp³-hybridized carbons (Fsp3) is 0.167. The molecule has 0 bridgehead atoms. The monoisotopic (exact) mass is 363 g/mol. The van der Waals surface area contributed by atoms with Crippen LogP contribution in [0.2, 0.25) is 5.02 Å². The Hall–Kier alpha value is -2.44. The Morgan fingerprint density at radius 1 is 1.04 bits per heavy atom. The summed E-state index contributed by atoms with van der Waals surface area (Å²) < 4.78 is 29.4. The number of alkyl halides is 2. The molecule has 0 saturated heterocycles. The van der Waals surface area contributed by atoms with Crippen molar-refractivity contribution in [2.24, 2.45) is 0 Å². The molecule has 1 heterocycles. The van der Waals surface area contributed by atoms with Gasteiger partial charge in [-0.3, -0.25) is 5.10 Å². The second-order valence-corrected chi connectivity index (χ2v) is 5.80. The van der Waals surface area contributed by atoms with E-state index in [0.717, 1.165) is 16.8 Å². The molecule has 0 amide bonds. The van der Waals surface area contributed by atoms with E-state index in [2.05, 4.69) is 20.3 Å². The molecule has 0 spiro atoms. The molecule has 0 radical (unpaired) electrons. The minimum Gasteiger partial charge on any atom is -0.434 e. The second kappa shape index (κ2) is 8.09. The summed E-state index contributed by atoms with van der Waals surface area (Å²) in [5.41, 5.74) is 3.50.